The maximum absolute atomic E-state index is 2.91. The number of hydrogen-bond donors (Lipinski definition) is 0. The first-order valence-corrected chi connectivity index (χ1v) is 17.5. The number of fused-ring (bicyclic) bond motifs is 1. The van der Waals surface area contributed by atoms with Crippen LogP contribution >= 0.6 is 24.8 Å². The molecule has 2 aliphatic carbocycles. The number of hydrogen-bond acceptors (Lipinski definition) is 0. The Kier molecular flexibility index (Phi) is 9.09. The Hall–Kier alpha value is -1.01. The fourth-order valence-electron chi connectivity index (χ4n) is 5.11. The first-order valence-electron chi connectivity index (χ1n) is 11.0. The molecule has 0 N–H and O–H groups in total. The van der Waals surface area contributed by atoms with Gasteiger partial charge in [-0.15, -0.1) is 24.8 Å². The minimum absolute atomic E-state index is 0. The zero-order chi connectivity index (χ0) is 20.6. The SMILES string of the molecule is CC(C)C1=C(C(C)C)C[C]([Zr]([CH3])(=[CH]c2ccccc2)[CH]2C=Cc3ccccc32)=C1.Cl.Cl. The van der Waals surface area contributed by atoms with Gasteiger partial charge in [0.2, 0.25) is 0 Å². The molecule has 0 heterocycles. The minimum Gasteiger partial charge on any atom is -0.147 e. The smallest absolute Gasteiger partial charge is 0.147 e. The van der Waals surface area contributed by atoms with Crippen molar-refractivity contribution in [3.63, 3.8) is 0 Å². The summed E-state index contributed by atoms with van der Waals surface area (Å²) in [5, 5.41) is 0. The van der Waals surface area contributed by atoms with Crippen molar-refractivity contribution in [2.24, 2.45) is 11.8 Å². The Balaban J connectivity index is 0.00000171. The molecule has 0 bridgehead atoms. The van der Waals surface area contributed by atoms with Gasteiger partial charge in [0.25, 0.3) is 0 Å². The van der Waals surface area contributed by atoms with E-state index in [2.05, 4.69) is 109 Å². The third kappa shape index (κ3) is 5.16. The molecule has 0 nitrogen and oxygen atoms in total. The fraction of sp³-hybridized carbons (Fsp3) is 0.321. The summed E-state index contributed by atoms with van der Waals surface area (Å²) in [6.07, 6.45) is 8.70. The summed E-state index contributed by atoms with van der Waals surface area (Å²) >= 11 is -2.91. The van der Waals surface area contributed by atoms with E-state index in [1.165, 1.54) is 17.5 Å². The van der Waals surface area contributed by atoms with Crippen LogP contribution in [0.3, 0.4) is 0 Å². The molecule has 0 aliphatic heterocycles. The zero-order valence-electron chi connectivity index (χ0n) is 19.3. The maximum Gasteiger partial charge on any atom is -0.147 e. The summed E-state index contributed by atoms with van der Waals surface area (Å²) in [5.74, 6) is 1.23. The van der Waals surface area contributed by atoms with Crippen LogP contribution in [0.15, 0.2) is 81.2 Å². The van der Waals surface area contributed by atoms with Crippen molar-refractivity contribution in [3.05, 3.63) is 97.9 Å². The second-order valence-electron chi connectivity index (χ2n) is 9.44. The van der Waals surface area contributed by atoms with E-state index in [-0.39, 0.29) is 24.8 Å². The average Bonchev–Trinajstić information content (AvgIpc) is 3.34. The van der Waals surface area contributed by atoms with Crippen molar-refractivity contribution in [2.75, 3.05) is 0 Å². The van der Waals surface area contributed by atoms with Gasteiger partial charge >= 0.3 is 182 Å². The first kappa shape index (κ1) is 26.2. The van der Waals surface area contributed by atoms with Gasteiger partial charge in [-0.05, 0) is 0 Å². The van der Waals surface area contributed by atoms with Crippen LogP contribution in [0.4, 0.5) is 0 Å². The van der Waals surface area contributed by atoms with E-state index in [4.69, 9.17) is 0 Å². The van der Waals surface area contributed by atoms with Crippen molar-refractivity contribution in [3.8, 4) is 0 Å². The third-order valence-electron chi connectivity index (χ3n) is 6.80. The molecule has 2 aromatic carbocycles. The summed E-state index contributed by atoms with van der Waals surface area (Å²) in [7, 11) is 0. The van der Waals surface area contributed by atoms with Crippen molar-refractivity contribution >= 4 is 34.6 Å². The van der Waals surface area contributed by atoms with Gasteiger partial charge in [-0.2, -0.15) is 0 Å². The molecule has 0 radical (unpaired) electrons. The van der Waals surface area contributed by atoms with Gasteiger partial charge in [-0.3, -0.25) is 0 Å². The molecule has 2 aliphatic rings. The monoisotopic (exact) mass is 531 g/mol. The summed E-state index contributed by atoms with van der Waals surface area (Å²) in [6, 6.07) is 20.1. The van der Waals surface area contributed by atoms with E-state index in [0.29, 0.717) is 15.5 Å². The van der Waals surface area contributed by atoms with Crippen molar-refractivity contribution in [1.29, 1.82) is 0 Å². The third-order valence-corrected chi connectivity index (χ3v) is 17.7. The standard InChI is InChI=1S/C11H17.C9H7.C7H6.CH3.2ClH.Zr/c1-8(2)10-6-5-7-11(10)9(3)4;1-2-5-9-7-3-6-8(9)4-1;1-7-5-3-2-4-6-7;;;;/h6,8-9H,7H2,1-4H3;1-7H;1-6H;1H3;2*1H;. The molecule has 0 fully saturated rings. The van der Waals surface area contributed by atoms with Crippen molar-refractivity contribution < 1.29 is 19.8 Å². The van der Waals surface area contributed by atoms with E-state index < -0.39 is 19.8 Å². The van der Waals surface area contributed by atoms with Gasteiger partial charge in [0.05, 0.1) is 0 Å². The molecule has 0 aromatic heterocycles. The summed E-state index contributed by atoms with van der Waals surface area (Å²) < 4.78 is 7.72. The first-order chi connectivity index (χ1) is 13.9. The van der Waals surface area contributed by atoms with Crippen LogP contribution in [0.1, 0.15) is 54.4 Å². The Bertz CT molecular complexity index is 1060. The number of halogens is 2. The van der Waals surface area contributed by atoms with E-state index in [0.717, 1.165) is 0 Å². The van der Waals surface area contributed by atoms with Gasteiger partial charge in [0, 0.05) is 0 Å². The predicted octanol–water partition coefficient (Wildman–Crippen LogP) is 8.55. The molecule has 2 unspecified atom stereocenters. The quantitative estimate of drug-likeness (QED) is 0.361. The van der Waals surface area contributed by atoms with Crippen molar-refractivity contribution in [1.82, 2.24) is 0 Å². The predicted molar refractivity (Wildman–Crippen MR) is 140 cm³/mol. The summed E-state index contributed by atoms with van der Waals surface area (Å²) in [6.45, 7) is 9.45. The second kappa shape index (κ2) is 10.7. The number of allylic oxidation sites excluding steroid dienone is 5. The minimum atomic E-state index is -2.91. The molecule has 0 amide bonds. The largest absolute Gasteiger partial charge is 0.147 e. The van der Waals surface area contributed by atoms with Crippen LogP contribution in [-0.2, 0) is 19.8 Å². The van der Waals surface area contributed by atoms with Gasteiger partial charge in [-0.1, -0.05) is 0 Å². The topological polar surface area (TPSA) is 0 Å². The second-order valence-corrected chi connectivity index (χ2v) is 19.6. The van der Waals surface area contributed by atoms with Crippen LogP contribution in [-0.4, -0.2) is 3.71 Å². The van der Waals surface area contributed by atoms with E-state index >= 15 is 0 Å². The van der Waals surface area contributed by atoms with Crippen LogP contribution in [0, 0.1) is 11.8 Å². The molecule has 4 rings (SSSR count). The number of benzene rings is 2. The molecule has 0 spiro atoms. The molecule has 0 saturated carbocycles. The van der Waals surface area contributed by atoms with Crippen LogP contribution < -0.4 is 0 Å². The van der Waals surface area contributed by atoms with Crippen LogP contribution in [0.25, 0.3) is 6.08 Å². The van der Waals surface area contributed by atoms with Gasteiger partial charge in [0.1, 0.15) is 0 Å². The summed E-state index contributed by atoms with van der Waals surface area (Å²) in [4.78, 5) is 0. The number of rotatable bonds is 5. The van der Waals surface area contributed by atoms with Gasteiger partial charge < -0.3 is 0 Å². The molecule has 2 aromatic rings. The normalized spacial score (nSPS) is 18.9. The Morgan fingerprint density at radius 2 is 1.52 bits per heavy atom. The molecule has 165 valence electrons. The molecular weight excluding hydrogens is 498 g/mol. The Labute approximate surface area is 205 Å². The molecule has 3 heteroatoms. The summed E-state index contributed by atoms with van der Waals surface area (Å²) in [5.41, 5.74) is 7.64. The van der Waals surface area contributed by atoms with Crippen LogP contribution in [0.5, 0.6) is 0 Å². The van der Waals surface area contributed by atoms with Crippen LogP contribution in [0.2, 0.25) is 4.63 Å². The van der Waals surface area contributed by atoms with E-state index in [1.54, 1.807) is 20.0 Å². The Morgan fingerprint density at radius 1 is 0.871 bits per heavy atom. The molecule has 2 atom stereocenters. The molecular formula is C28H35Cl2Zr. The van der Waals surface area contributed by atoms with E-state index in [9.17, 15) is 0 Å². The fourth-order valence-corrected chi connectivity index (χ4v) is 15.2. The Morgan fingerprint density at radius 3 is 2.13 bits per heavy atom. The molecule has 31 heavy (non-hydrogen) atoms. The maximum atomic E-state index is 2.72. The average molecular weight is 534 g/mol. The molecule has 0 saturated heterocycles. The van der Waals surface area contributed by atoms with Gasteiger partial charge in [0.15, 0.2) is 0 Å². The van der Waals surface area contributed by atoms with Gasteiger partial charge in [-0.25, -0.2) is 0 Å². The van der Waals surface area contributed by atoms with E-state index in [1.807, 2.05) is 0 Å². The zero-order valence-corrected chi connectivity index (χ0v) is 23.4. The van der Waals surface area contributed by atoms with Crippen molar-refractivity contribution in [2.45, 2.75) is 42.4 Å².